The second kappa shape index (κ2) is 8.05. The van der Waals surface area contributed by atoms with E-state index in [9.17, 15) is 27.5 Å². The number of benzene rings is 2. The van der Waals surface area contributed by atoms with E-state index in [0.29, 0.717) is 16.7 Å². The van der Waals surface area contributed by atoms with Gasteiger partial charge >= 0.3 is 6.18 Å². The van der Waals surface area contributed by atoms with E-state index < -0.39 is 23.6 Å². The molecule has 1 fully saturated rings. The minimum Gasteiger partial charge on any atom is -0.507 e. The summed E-state index contributed by atoms with van der Waals surface area (Å²) in [6.07, 6.45) is -1.65. The smallest absolute Gasteiger partial charge is 0.433 e. The van der Waals surface area contributed by atoms with Crippen LogP contribution in [-0.2, 0) is 12.7 Å². The molecule has 0 saturated heterocycles. The van der Waals surface area contributed by atoms with Gasteiger partial charge in [0.1, 0.15) is 17.3 Å². The van der Waals surface area contributed by atoms with Crippen molar-refractivity contribution in [1.29, 1.82) is 0 Å². The largest absolute Gasteiger partial charge is 0.507 e. The SMILES string of the molecule is O=C(Nc1cc(C(F)(F)F)n(Cc2cccc(F)c2)n1)c1cc(C2CCC2)ccc1O. The first-order valence-electron chi connectivity index (χ1n) is 9.74. The van der Waals surface area contributed by atoms with Gasteiger partial charge in [0.15, 0.2) is 5.82 Å². The lowest BCUT2D eigenvalue weighted by molar-refractivity contribution is -0.144. The van der Waals surface area contributed by atoms with Crippen LogP contribution in [0.1, 0.15) is 52.4 Å². The number of alkyl halides is 3. The van der Waals surface area contributed by atoms with Crippen molar-refractivity contribution in [2.24, 2.45) is 0 Å². The number of hydrogen-bond donors (Lipinski definition) is 2. The molecule has 0 atom stereocenters. The third-order valence-electron chi connectivity index (χ3n) is 5.38. The average molecular weight is 433 g/mol. The molecule has 5 nitrogen and oxygen atoms in total. The second-order valence-electron chi connectivity index (χ2n) is 7.56. The highest BCUT2D eigenvalue weighted by molar-refractivity contribution is 6.05. The van der Waals surface area contributed by atoms with Gasteiger partial charge in [0.25, 0.3) is 5.91 Å². The highest BCUT2D eigenvalue weighted by atomic mass is 19.4. The number of rotatable bonds is 5. The fourth-order valence-electron chi connectivity index (χ4n) is 3.55. The third-order valence-corrected chi connectivity index (χ3v) is 5.38. The number of aromatic hydroxyl groups is 1. The van der Waals surface area contributed by atoms with Gasteiger partial charge < -0.3 is 10.4 Å². The summed E-state index contributed by atoms with van der Waals surface area (Å²) in [5, 5.41) is 16.2. The molecule has 2 N–H and O–H groups in total. The van der Waals surface area contributed by atoms with E-state index >= 15 is 0 Å². The zero-order valence-electron chi connectivity index (χ0n) is 16.3. The standard InChI is InChI=1S/C22H19F4N3O2/c23-16-6-1-3-13(9-16)12-29-19(22(24,25)26)11-20(28-29)27-21(31)17-10-15(7-8-18(17)30)14-4-2-5-14/h1,3,6-11,14,30H,2,4-5,12H2,(H,27,28,31). The molecule has 1 heterocycles. The summed E-state index contributed by atoms with van der Waals surface area (Å²) in [7, 11) is 0. The Morgan fingerprint density at radius 2 is 1.94 bits per heavy atom. The van der Waals surface area contributed by atoms with Crippen LogP contribution < -0.4 is 5.32 Å². The monoisotopic (exact) mass is 433 g/mol. The number of carbonyl (C=O) groups is 1. The molecular formula is C22H19F4N3O2. The van der Waals surface area contributed by atoms with E-state index in [2.05, 4.69) is 10.4 Å². The highest BCUT2D eigenvalue weighted by Gasteiger charge is 2.36. The molecular weight excluding hydrogens is 414 g/mol. The molecule has 1 aliphatic carbocycles. The van der Waals surface area contributed by atoms with Crippen LogP contribution in [0.5, 0.6) is 5.75 Å². The third kappa shape index (κ3) is 4.55. The molecule has 1 aromatic heterocycles. The Bertz CT molecular complexity index is 1120. The zero-order valence-corrected chi connectivity index (χ0v) is 16.3. The molecule has 0 spiro atoms. The normalized spacial score (nSPS) is 14.3. The second-order valence-corrected chi connectivity index (χ2v) is 7.56. The van der Waals surface area contributed by atoms with Crippen LogP contribution in [0.4, 0.5) is 23.4 Å². The number of carbonyl (C=O) groups excluding carboxylic acids is 1. The van der Waals surface area contributed by atoms with Crippen LogP contribution in [0.2, 0.25) is 0 Å². The van der Waals surface area contributed by atoms with E-state index in [0.717, 1.165) is 30.9 Å². The molecule has 31 heavy (non-hydrogen) atoms. The number of hydrogen-bond acceptors (Lipinski definition) is 3. The number of halogens is 4. The Morgan fingerprint density at radius 1 is 1.16 bits per heavy atom. The van der Waals surface area contributed by atoms with E-state index in [-0.39, 0.29) is 29.2 Å². The Balaban J connectivity index is 1.60. The van der Waals surface area contributed by atoms with Crippen molar-refractivity contribution < 1.29 is 27.5 Å². The molecule has 1 amide bonds. The van der Waals surface area contributed by atoms with Crippen molar-refractivity contribution in [2.75, 3.05) is 5.32 Å². The predicted octanol–water partition coefficient (Wildman–Crippen LogP) is 5.31. The number of amides is 1. The highest BCUT2D eigenvalue weighted by Crippen LogP contribution is 2.38. The van der Waals surface area contributed by atoms with Crippen LogP contribution in [0, 0.1) is 5.82 Å². The molecule has 0 unspecified atom stereocenters. The van der Waals surface area contributed by atoms with E-state index in [1.165, 1.54) is 24.3 Å². The summed E-state index contributed by atoms with van der Waals surface area (Å²) in [6, 6.07) is 10.6. The van der Waals surface area contributed by atoms with Crippen LogP contribution in [-0.4, -0.2) is 20.8 Å². The van der Waals surface area contributed by atoms with Gasteiger partial charge in [0.05, 0.1) is 12.1 Å². The molecule has 4 rings (SSSR count). The Morgan fingerprint density at radius 3 is 2.58 bits per heavy atom. The number of phenols is 1. The lowest BCUT2D eigenvalue weighted by Gasteiger charge is -2.26. The van der Waals surface area contributed by atoms with E-state index in [4.69, 9.17) is 0 Å². The van der Waals surface area contributed by atoms with Crippen molar-refractivity contribution in [1.82, 2.24) is 9.78 Å². The lowest BCUT2D eigenvalue weighted by atomic mass is 9.79. The number of anilines is 1. The minimum absolute atomic E-state index is 0.0300. The molecule has 3 aromatic rings. The number of nitrogens with one attached hydrogen (secondary N) is 1. The van der Waals surface area contributed by atoms with Gasteiger partial charge in [-0.1, -0.05) is 24.6 Å². The van der Waals surface area contributed by atoms with Gasteiger partial charge in [-0.05, 0) is 54.2 Å². The summed E-state index contributed by atoms with van der Waals surface area (Å²) in [5.41, 5.74) is 0.0799. The maximum Gasteiger partial charge on any atom is 0.433 e. The summed E-state index contributed by atoms with van der Waals surface area (Å²) in [4.78, 5) is 12.6. The first-order chi connectivity index (χ1) is 14.7. The van der Waals surface area contributed by atoms with Gasteiger partial charge in [-0.2, -0.15) is 18.3 Å². The van der Waals surface area contributed by atoms with Crippen LogP contribution in [0.25, 0.3) is 0 Å². The lowest BCUT2D eigenvalue weighted by Crippen LogP contribution is -2.16. The summed E-state index contributed by atoms with van der Waals surface area (Å²) in [5.74, 6) is -1.61. The van der Waals surface area contributed by atoms with Crippen molar-refractivity contribution in [3.05, 3.63) is 76.7 Å². The Labute approximate surface area is 175 Å². The molecule has 0 bridgehead atoms. The molecule has 9 heteroatoms. The van der Waals surface area contributed by atoms with Crippen molar-refractivity contribution >= 4 is 11.7 Å². The first kappa shape index (κ1) is 20.9. The maximum absolute atomic E-state index is 13.5. The molecule has 0 radical (unpaired) electrons. The molecule has 2 aromatic carbocycles. The summed E-state index contributed by atoms with van der Waals surface area (Å²) in [6.45, 7) is -0.328. The topological polar surface area (TPSA) is 67.2 Å². The number of nitrogens with zero attached hydrogens (tertiary/aromatic N) is 2. The van der Waals surface area contributed by atoms with Crippen LogP contribution in [0.15, 0.2) is 48.5 Å². The maximum atomic E-state index is 13.5. The average Bonchev–Trinajstić information content (AvgIpc) is 3.04. The summed E-state index contributed by atoms with van der Waals surface area (Å²) >= 11 is 0. The minimum atomic E-state index is -4.73. The van der Waals surface area contributed by atoms with Crippen molar-refractivity contribution in [3.8, 4) is 5.75 Å². The molecule has 162 valence electrons. The summed E-state index contributed by atoms with van der Waals surface area (Å²) < 4.78 is 54.5. The Hall–Kier alpha value is -3.36. The quantitative estimate of drug-likeness (QED) is 0.536. The number of phenolic OH excluding ortho intramolecular Hbond substituents is 1. The van der Waals surface area contributed by atoms with Crippen LogP contribution in [0.3, 0.4) is 0 Å². The predicted molar refractivity (Wildman–Crippen MR) is 105 cm³/mol. The van der Waals surface area contributed by atoms with E-state index in [1.807, 2.05) is 0 Å². The Kier molecular flexibility index (Phi) is 5.43. The number of aromatic nitrogens is 2. The van der Waals surface area contributed by atoms with Crippen molar-refractivity contribution in [2.45, 2.75) is 37.9 Å². The van der Waals surface area contributed by atoms with Gasteiger partial charge in [-0.15, -0.1) is 0 Å². The molecule has 1 saturated carbocycles. The zero-order chi connectivity index (χ0) is 22.2. The fraction of sp³-hybridized carbons (Fsp3) is 0.273. The fourth-order valence-corrected chi connectivity index (χ4v) is 3.55. The van der Waals surface area contributed by atoms with Gasteiger partial charge in [-0.25, -0.2) is 4.39 Å². The first-order valence-corrected chi connectivity index (χ1v) is 9.74. The van der Waals surface area contributed by atoms with Crippen LogP contribution >= 0.6 is 0 Å². The molecule has 0 aliphatic heterocycles. The van der Waals surface area contributed by atoms with Gasteiger partial charge in [0.2, 0.25) is 0 Å². The van der Waals surface area contributed by atoms with Gasteiger partial charge in [-0.3, -0.25) is 9.48 Å². The van der Waals surface area contributed by atoms with Gasteiger partial charge in [0, 0.05) is 6.07 Å². The van der Waals surface area contributed by atoms with E-state index in [1.54, 1.807) is 12.1 Å². The molecule has 1 aliphatic rings. The van der Waals surface area contributed by atoms with Crippen molar-refractivity contribution in [3.63, 3.8) is 0 Å².